The fourth-order valence-corrected chi connectivity index (χ4v) is 2.51. The zero-order valence-electron chi connectivity index (χ0n) is 15.0. The molecule has 2 aromatic carbocycles. The molecule has 0 aliphatic heterocycles. The first-order chi connectivity index (χ1) is 12.9. The van der Waals surface area contributed by atoms with E-state index in [1.165, 1.54) is 10.9 Å². The van der Waals surface area contributed by atoms with Crippen molar-refractivity contribution in [2.75, 3.05) is 14.1 Å². The number of rotatable bonds is 5. The van der Waals surface area contributed by atoms with Gasteiger partial charge in [0.05, 0.1) is 16.8 Å². The predicted molar refractivity (Wildman–Crippen MR) is 96.2 cm³/mol. The van der Waals surface area contributed by atoms with Gasteiger partial charge in [-0.3, -0.25) is 4.79 Å². The number of aryl methyl sites for hydroxylation is 1. The monoisotopic (exact) mass is 369 g/mol. The van der Waals surface area contributed by atoms with Crippen LogP contribution >= 0.6 is 0 Å². The maximum absolute atomic E-state index is 14.1. The SMILES string of the molecule is Cc1ccc(-n2nnnc2/C(=C/N(C)C)C(=O)c2ccc(F)cc2F)cc1. The second-order valence-corrected chi connectivity index (χ2v) is 6.21. The van der Waals surface area contributed by atoms with Gasteiger partial charge in [0.2, 0.25) is 5.78 Å². The summed E-state index contributed by atoms with van der Waals surface area (Å²) in [5.41, 5.74) is 1.53. The van der Waals surface area contributed by atoms with Crippen LogP contribution in [0, 0.1) is 18.6 Å². The molecule has 138 valence electrons. The summed E-state index contributed by atoms with van der Waals surface area (Å²) >= 11 is 0. The first kappa shape index (κ1) is 18.4. The third kappa shape index (κ3) is 3.89. The lowest BCUT2D eigenvalue weighted by atomic mass is 10.0. The van der Waals surface area contributed by atoms with Crippen LogP contribution in [0.4, 0.5) is 8.78 Å². The van der Waals surface area contributed by atoms with Gasteiger partial charge in [0.1, 0.15) is 11.6 Å². The molecule has 27 heavy (non-hydrogen) atoms. The standard InChI is InChI=1S/C19H17F2N5O/c1-12-4-7-14(8-5-12)26-19(22-23-24-26)16(11-25(2)3)18(27)15-9-6-13(20)10-17(15)21/h4-11H,1-3H3/b16-11+. The Hall–Kier alpha value is -3.42. The van der Waals surface area contributed by atoms with Crippen molar-refractivity contribution in [2.45, 2.75) is 6.92 Å². The highest BCUT2D eigenvalue weighted by Gasteiger charge is 2.24. The zero-order chi connectivity index (χ0) is 19.6. The van der Waals surface area contributed by atoms with E-state index in [1.807, 2.05) is 31.2 Å². The van der Waals surface area contributed by atoms with Gasteiger partial charge in [-0.15, -0.1) is 5.10 Å². The normalized spacial score (nSPS) is 11.5. The van der Waals surface area contributed by atoms with Gasteiger partial charge >= 0.3 is 0 Å². The summed E-state index contributed by atoms with van der Waals surface area (Å²) in [6, 6.07) is 10.2. The van der Waals surface area contributed by atoms with Gasteiger partial charge in [0, 0.05) is 26.4 Å². The largest absolute Gasteiger partial charge is 0.383 e. The Bertz CT molecular complexity index is 1010. The van der Waals surface area contributed by atoms with E-state index in [2.05, 4.69) is 15.5 Å². The van der Waals surface area contributed by atoms with Gasteiger partial charge in [-0.05, 0) is 41.6 Å². The highest BCUT2D eigenvalue weighted by molar-refractivity contribution is 6.28. The molecule has 0 unspecified atom stereocenters. The molecule has 1 heterocycles. The topological polar surface area (TPSA) is 63.9 Å². The minimum atomic E-state index is -0.945. The molecule has 0 saturated heterocycles. The average molecular weight is 369 g/mol. The number of hydrogen-bond acceptors (Lipinski definition) is 5. The summed E-state index contributed by atoms with van der Waals surface area (Å²) in [6.07, 6.45) is 1.50. The number of nitrogens with zero attached hydrogens (tertiary/aromatic N) is 5. The van der Waals surface area contributed by atoms with E-state index in [4.69, 9.17) is 0 Å². The number of halogens is 2. The van der Waals surface area contributed by atoms with Crippen LogP contribution in [0.25, 0.3) is 11.3 Å². The molecule has 3 rings (SSSR count). The van der Waals surface area contributed by atoms with Crippen LogP contribution < -0.4 is 0 Å². The number of hydrogen-bond donors (Lipinski definition) is 0. The minimum Gasteiger partial charge on any atom is -0.383 e. The van der Waals surface area contributed by atoms with Crippen molar-refractivity contribution in [2.24, 2.45) is 0 Å². The van der Waals surface area contributed by atoms with E-state index in [-0.39, 0.29) is 17.0 Å². The Morgan fingerprint density at radius 2 is 1.81 bits per heavy atom. The molecule has 0 atom stereocenters. The second kappa shape index (κ2) is 7.45. The molecule has 0 amide bonds. The van der Waals surface area contributed by atoms with Crippen LogP contribution in [-0.4, -0.2) is 45.0 Å². The van der Waals surface area contributed by atoms with Gasteiger partial charge in [0.25, 0.3) is 0 Å². The number of Topliss-reactive ketones (excluding diaryl/α,β-unsaturated/α-hetero) is 1. The van der Waals surface area contributed by atoms with Crippen molar-refractivity contribution in [3.05, 3.63) is 77.3 Å². The number of tetrazole rings is 1. The lowest BCUT2D eigenvalue weighted by molar-refractivity contribution is 0.105. The van der Waals surface area contributed by atoms with Gasteiger partial charge in [-0.1, -0.05) is 17.7 Å². The van der Waals surface area contributed by atoms with Gasteiger partial charge in [0.15, 0.2) is 5.82 Å². The fraction of sp³-hybridized carbons (Fsp3) is 0.158. The molecule has 0 aliphatic rings. The quantitative estimate of drug-likeness (QED) is 0.511. The van der Waals surface area contributed by atoms with E-state index < -0.39 is 17.4 Å². The highest BCUT2D eigenvalue weighted by atomic mass is 19.1. The maximum atomic E-state index is 14.1. The van der Waals surface area contributed by atoms with Crippen LogP contribution in [0.15, 0.2) is 48.7 Å². The molecule has 1 aromatic heterocycles. The molecular formula is C19H17F2N5O. The Morgan fingerprint density at radius 1 is 1.11 bits per heavy atom. The molecule has 6 nitrogen and oxygen atoms in total. The number of benzene rings is 2. The maximum Gasteiger partial charge on any atom is 0.201 e. The predicted octanol–water partition coefficient (Wildman–Crippen LogP) is 3.03. The molecule has 0 fully saturated rings. The van der Waals surface area contributed by atoms with Crippen molar-refractivity contribution < 1.29 is 13.6 Å². The number of carbonyl (C=O) groups is 1. The van der Waals surface area contributed by atoms with Crippen LogP contribution in [-0.2, 0) is 0 Å². The van der Waals surface area contributed by atoms with Crippen molar-refractivity contribution >= 4 is 11.4 Å². The molecular weight excluding hydrogens is 352 g/mol. The van der Waals surface area contributed by atoms with E-state index in [0.29, 0.717) is 11.8 Å². The average Bonchev–Trinajstić information content (AvgIpc) is 3.09. The number of carbonyl (C=O) groups excluding carboxylic acids is 1. The first-order valence-electron chi connectivity index (χ1n) is 8.10. The van der Waals surface area contributed by atoms with Gasteiger partial charge in [-0.25, -0.2) is 8.78 Å². The summed E-state index contributed by atoms with van der Waals surface area (Å²) in [5, 5.41) is 11.6. The van der Waals surface area contributed by atoms with Crippen molar-refractivity contribution in [3.8, 4) is 5.69 Å². The van der Waals surface area contributed by atoms with Crippen LogP contribution in [0.2, 0.25) is 0 Å². The Balaban J connectivity index is 2.11. The van der Waals surface area contributed by atoms with Crippen LogP contribution in [0.3, 0.4) is 0 Å². The molecule has 0 radical (unpaired) electrons. The number of aromatic nitrogens is 4. The van der Waals surface area contributed by atoms with Gasteiger partial charge in [-0.2, -0.15) is 4.68 Å². The smallest absolute Gasteiger partial charge is 0.201 e. The molecule has 3 aromatic rings. The van der Waals surface area contributed by atoms with E-state index in [1.54, 1.807) is 19.0 Å². The summed E-state index contributed by atoms with van der Waals surface area (Å²) in [7, 11) is 3.43. The van der Waals surface area contributed by atoms with Crippen molar-refractivity contribution in [3.63, 3.8) is 0 Å². The lowest BCUT2D eigenvalue weighted by Gasteiger charge is -2.12. The Morgan fingerprint density at radius 3 is 2.44 bits per heavy atom. The fourth-order valence-electron chi connectivity index (χ4n) is 2.51. The second-order valence-electron chi connectivity index (χ2n) is 6.21. The third-order valence-electron chi connectivity index (χ3n) is 3.80. The summed E-state index contributed by atoms with van der Waals surface area (Å²) in [6.45, 7) is 1.95. The van der Waals surface area contributed by atoms with Crippen LogP contribution in [0.5, 0.6) is 0 Å². The number of ketones is 1. The molecule has 8 heteroatoms. The Kier molecular flexibility index (Phi) is 5.07. The third-order valence-corrected chi connectivity index (χ3v) is 3.80. The minimum absolute atomic E-state index is 0.0797. The lowest BCUT2D eigenvalue weighted by Crippen LogP contribution is -2.14. The molecule has 0 aliphatic carbocycles. The van der Waals surface area contributed by atoms with Crippen LogP contribution in [0.1, 0.15) is 21.7 Å². The highest BCUT2D eigenvalue weighted by Crippen LogP contribution is 2.23. The first-order valence-corrected chi connectivity index (χ1v) is 8.10. The molecule has 0 saturated carbocycles. The van der Waals surface area contributed by atoms with Crippen molar-refractivity contribution in [1.29, 1.82) is 0 Å². The van der Waals surface area contributed by atoms with E-state index >= 15 is 0 Å². The van der Waals surface area contributed by atoms with Crippen molar-refractivity contribution in [1.82, 2.24) is 25.1 Å². The zero-order valence-corrected chi connectivity index (χ0v) is 15.0. The Labute approximate surface area is 154 Å². The molecule has 0 bridgehead atoms. The molecule has 0 spiro atoms. The summed E-state index contributed by atoms with van der Waals surface area (Å²) in [4.78, 5) is 14.6. The summed E-state index contributed by atoms with van der Waals surface area (Å²) in [5.74, 6) is -2.20. The van der Waals surface area contributed by atoms with E-state index in [0.717, 1.165) is 17.7 Å². The number of allylic oxidation sites excluding steroid dienone is 1. The summed E-state index contributed by atoms with van der Waals surface area (Å²) < 4.78 is 28.7. The van der Waals surface area contributed by atoms with E-state index in [9.17, 15) is 13.6 Å². The van der Waals surface area contributed by atoms with Gasteiger partial charge < -0.3 is 4.90 Å². The molecule has 0 N–H and O–H groups in total.